The number of hydrogen-bond donors (Lipinski definition) is 1. The first-order valence-electron chi connectivity index (χ1n) is 7.28. The second-order valence-corrected chi connectivity index (χ2v) is 6.38. The molecule has 1 heterocycles. The van der Waals surface area contributed by atoms with Gasteiger partial charge in [-0.2, -0.15) is 0 Å². The average Bonchev–Trinajstić information content (AvgIpc) is 2.40. The third-order valence-electron chi connectivity index (χ3n) is 3.34. The molecule has 0 spiro atoms. The molecule has 0 aliphatic carbocycles. The van der Waals surface area contributed by atoms with Gasteiger partial charge in [0.15, 0.2) is 0 Å². The van der Waals surface area contributed by atoms with E-state index in [0.29, 0.717) is 5.88 Å². The lowest BCUT2D eigenvalue weighted by molar-refractivity contribution is 0.439. The molecule has 1 N–H and O–H groups in total. The Kier molecular flexibility index (Phi) is 4.63. The number of nitrogens with one attached hydrogen (secondary N) is 1. The van der Waals surface area contributed by atoms with E-state index in [1.807, 2.05) is 25.2 Å². The number of benzene rings is 1. The molecule has 1 aromatic heterocycles. The highest BCUT2D eigenvalue weighted by Crippen LogP contribution is 2.34. The summed E-state index contributed by atoms with van der Waals surface area (Å²) in [5, 5.41) is 3.13. The molecular weight excluding hydrogens is 260 g/mol. The van der Waals surface area contributed by atoms with Crippen LogP contribution in [0.3, 0.4) is 0 Å². The zero-order valence-corrected chi connectivity index (χ0v) is 13.5. The van der Waals surface area contributed by atoms with Gasteiger partial charge in [-0.3, -0.25) is 0 Å². The van der Waals surface area contributed by atoms with Crippen molar-refractivity contribution in [3.8, 4) is 11.6 Å². The average molecular weight is 284 g/mol. The maximum absolute atomic E-state index is 6.04. The van der Waals surface area contributed by atoms with Crippen molar-refractivity contribution >= 4 is 0 Å². The summed E-state index contributed by atoms with van der Waals surface area (Å²) in [5.41, 5.74) is 3.63. The standard InChI is InChI=1S/C18H24N2O/c1-13-6-7-16(15(10-13)18(2,3)4)21-17-11-14(12-19-5)8-9-20-17/h6-11,19H,12H2,1-5H3. The largest absolute Gasteiger partial charge is 0.439 e. The quantitative estimate of drug-likeness (QED) is 0.913. The monoisotopic (exact) mass is 284 g/mol. The van der Waals surface area contributed by atoms with Crippen LogP contribution < -0.4 is 10.1 Å². The Balaban J connectivity index is 2.33. The first-order valence-corrected chi connectivity index (χ1v) is 7.28. The van der Waals surface area contributed by atoms with Gasteiger partial charge in [0.1, 0.15) is 5.75 Å². The van der Waals surface area contributed by atoms with E-state index in [2.05, 4.69) is 50.1 Å². The topological polar surface area (TPSA) is 34.2 Å². The van der Waals surface area contributed by atoms with Crippen molar-refractivity contribution in [3.05, 3.63) is 53.2 Å². The number of pyridine rings is 1. The number of aromatic nitrogens is 1. The number of rotatable bonds is 4. The van der Waals surface area contributed by atoms with E-state index in [1.54, 1.807) is 6.20 Å². The van der Waals surface area contributed by atoms with Gasteiger partial charge in [0.05, 0.1) is 0 Å². The predicted molar refractivity (Wildman–Crippen MR) is 87.0 cm³/mol. The first-order chi connectivity index (χ1) is 9.90. The molecule has 2 aromatic rings. The lowest BCUT2D eigenvalue weighted by Gasteiger charge is -2.23. The molecule has 3 heteroatoms. The van der Waals surface area contributed by atoms with Crippen molar-refractivity contribution in [2.45, 2.75) is 39.7 Å². The van der Waals surface area contributed by atoms with Crippen LogP contribution in [0.4, 0.5) is 0 Å². The minimum Gasteiger partial charge on any atom is -0.439 e. The first kappa shape index (κ1) is 15.5. The van der Waals surface area contributed by atoms with Gasteiger partial charge in [-0.25, -0.2) is 4.98 Å². The molecule has 0 saturated heterocycles. The van der Waals surface area contributed by atoms with E-state index in [-0.39, 0.29) is 5.41 Å². The van der Waals surface area contributed by atoms with Crippen molar-refractivity contribution in [2.75, 3.05) is 7.05 Å². The summed E-state index contributed by atoms with van der Waals surface area (Å²) in [6.45, 7) is 9.49. The van der Waals surface area contributed by atoms with Crippen LogP contribution in [0.2, 0.25) is 0 Å². The van der Waals surface area contributed by atoms with Crippen LogP contribution in [0, 0.1) is 6.92 Å². The summed E-state index contributed by atoms with van der Waals surface area (Å²) in [4.78, 5) is 4.31. The Morgan fingerprint density at radius 3 is 2.57 bits per heavy atom. The third kappa shape index (κ3) is 4.05. The normalized spacial score (nSPS) is 11.5. The van der Waals surface area contributed by atoms with Crippen LogP contribution in [-0.2, 0) is 12.0 Å². The highest BCUT2D eigenvalue weighted by Gasteiger charge is 2.19. The second-order valence-electron chi connectivity index (χ2n) is 6.38. The van der Waals surface area contributed by atoms with Crippen LogP contribution in [0.5, 0.6) is 11.6 Å². The van der Waals surface area contributed by atoms with Gasteiger partial charge in [-0.1, -0.05) is 38.5 Å². The van der Waals surface area contributed by atoms with E-state index in [9.17, 15) is 0 Å². The molecular formula is C18H24N2O. The van der Waals surface area contributed by atoms with Gasteiger partial charge >= 0.3 is 0 Å². The lowest BCUT2D eigenvalue weighted by atomic mass is 9.85. The lowest BCUT2D eigenvalue weighted by Crippen LogP contribution is -2.13. The second kappa shape index (κ2) is 6.27. The minimum absolute atomic E-state index is 0.0317. The van der Waals surface area contributed by atoms with Crippen LogP contribution in [0.15, 0.2) is 36.5 Å². The van der Waals surface area contributed by atoms with Gasteiger partial charge in [0, 0.05) is 24.4 Å². The molecule has 0 bridgehead atoms. The molecule has 3 nitrogen and oxygen atoms in total. The van der Waals surface area contributed by atoms with E-state index in [4.69, 9.17) is 4.74 Å². The fraction of sp³-hybridized carbons (Fsp3) is 0.389. The SMILES string of the molecule is CNCc1ccnc(Oc2ccc(C)cc2C(C)(C)C)c1. The van der Waals surface area contributed by atoms with Gasteiger partial charge in [0.25, 0.3) is 0 Å². The summed E-state index contributed by atoms with van der Waals surface area (Å²) >= 11 is 0. The Morgan fingerprint density at radius 2 is 1.90 bits per heavy atom. The third-order valence-corrected chi connectivity index (χ3v) is 3.34. The summed E-state index contributed by atoms with van der Waals surface area (Å²) in [6, 6.07) is 10.3. The fourth-order valence-corrected chi connectivity index (χ4v) is 2.25. The molecule has 0 amide bonds. The molecule has 2 rings (SSSR count). The van der Waals surface area contributed by atoms with Crippen molar-refractivity contribution < 1.29 is 4.74 Å². The fourth-order valence-electron chi connectivity index (χ4n) is 2.25. The van der Waals surface area contributed by atoms with Crippen molar-refractivity contribution in [2.24, 2.45) is 0 Å². The number of ether oxygens (including phenoxy) is 1. The zero-order chi connectivity index (χ0) is 15.5. The molecule has 0 radical (unpaired) electrons. The summed E-state index contributed by atoms with van der Waals surface area (Å²) in [5.74, 6) is 1.51. The van der Waals surface area contributed by atoms with Crippen molar-refractivity contribution in [3.63, 3.8) is 0 Å². The van der Waals surface area contributed by atoms with Gasteiger partial charge < -0.3 is 10.1 Å². The van der Waals surface area contributed by atoms with E-state index in [1.165, 1.54) is 11.1 Å². The number of hydrogen-bond acceptors (Lipinski definition) is 3. The molecule has 0 atom stereocenters. The molecule has 1 aromatic carbocycles. The van der Waals surface area contributed by atoms with E-state index >= 15 is 0 Å². The highest BCUT2D eigenvalue weighted by molar-refractivity contribution is 5.43. The van der Waals surface area contributed by atoms with Crippen LogP contribution >= 0.6 is 0 Å². The van der Waals surface area contributed by atoms with E-state index in [0.717, 1.165) is 17.9 Å². The van der Waals surface area contributed by atoms with Crippen molar-refractivity contribution in [1.29, 1.82) is 0 Å². The van der Waals surface area contributed by atoms with Gasteiger partial charge in [-0.15, -0.1) is 0 Å². The maximum atomic E-state index is 6.04. The highest BCUT2D eigenvalue weighted by atomic mass is 16.5. The molecule has 112 valence electrons. The van der Waals surface area contributed by atoms with Crippen molar-refractivity contribution in [1.82, 2.24) is 10.3 Å². The Bertz CT molecular complexity index is 615. The molecule has 0 unspecified atom stereocenters. The molecule has 0 aliphatic heterocycles. The minimum atomic E-state index is 0.0317. The Labute approximate surface area is 127 Å². The van der Waals surface area contributed by atoms with Crippen LogP contribution in [0.25, 0.3) is 0 Å². The van der Waals surface area contributed by atoms with Crippen LogP contribution in [0.1, 0.15) is 37.5 Å². The predicted octanol–water partition coefficient (Wildman–Crippen LogP) is 4.20. The summed E-state index contributed by atoms with van der Waals surface area (Å²) in [6.07, 6.45) is 1.78. The number of aryl methyl sites for hydroxylation is 1. The number of nitrogens with zero attached hydrogens (tertiary/aromatic N) is 1. The molecule has 0 aliphatic rings. The van der Waals surface area contributed by atoms with Gasteiger partial charge in [0.2, 0.25) is 5.88 Å². The van der Waals surface area contributed by atoms with Gasteiger partial charge in [-0.05, 0) is 37.1 Å². The zero-order valence-electron chi connectivity index (χ0n) is 13.5. The summed E-state index contributed by atoms with van der Waals surface area (Å²) in [7, 11) is 1.93. The van der Waals surface area contributed by atoms with Crippen LogP contribution in [-0.4, -0.2) is 12.0 Å². The molecule has 21 heavy (non-hydrogen) atoms. The smallest absolute Gasteiger partial charge is 0.219 e. The maximum Gasteiger partial charge on any atom is 0.219 e. The molecule has 0 fully saturated rings. The Hall–Kier alpha value is -1.87. The van der Waals surface area contributed by atoms with E-state index < -0.39 is 0 Å². The molecule has 0 saturated carbocycles. The Morgan fingerprint density at radius 1 is 1.14 bits per heavy atom. The summed E-state index contributed by atoms with van der Waals surface area (Å²) < 4.78 is 6.04.